The van der Waals surface area contributed by atoms with Gasteiger partial charge in [-0.25, -0.2) is 0 Å². The van der Waals surface area contributed by atoms with Crippen LogP contribution in [0.3, 0.4) is 0 Å². The standard InChI is InChI=1S/C25H18Cl2OS/c26-21-9-7-18(8-10-21)25(29-23-13-11-22(27)12-14-23)16-24(28)20-6-5-17-3-1-2-4-19(17)15-20/h1-15,25H,16H2. The fourth-order valence-corrected chi connectivity index (χ4v) is 4.63. The summed E-state index contributed by atoms with van der Waals surface area (Å²) in [5.74, 6) is 0.122. The molecular formula is C25H18Cl2OS. The zero-order valence-corrected chi connectivity index (χ0v) is 17.8. The molecule has 0 radical (unpaired) electrons. The van der Waals surface area contributed by atoms with Crippen molar-refractivity contribution in [2.75, 3.05) is 0 Å². The average molecular weight is 437 g/mol. The maximum absolute atomic E-state index is 13.1. The number of halogens is 2. The largest absolute Gasteiger partial charge is 0.294 e. The van der Waals surface area contributed by atoms with E-state index in [-0.39, 0.29) is 11.0 Å². The molecule has 0 aromatic heterocycles. The van der Waals surface area contributed by atoms with Crippen molar-refractivity contribution in [1.82, 2.24) is 0 Å². The lowest BCUT2D eigenvalue weighted by molar-refractivity contribution is 0.0982. The summed E-state index contributed by atoms with van der Waals surface area (Å²) in [6.07, 6.45) is 0.396. The van der Waals surface area contributed by atoms with E-state index in [4.69, 9.17) is 23.2 Å². The molecule has 4 aromatic carbocycles. The molecule has 0 aliphatic heterocycles. The van der Waals surface area contributed by atoms with Gasteiger partial charge in [-0.1, -0.05) is 71.7 Å². The van der Waals surface area contributed by atoms with E-state index < -0.39 is 0 Å². The summed E-state index contributed by atoms with van der Waals surface area (Å²) in [5, 5.41) is 3.57. The summed E-state index contributed by atoms with van der Waals surface area (Å²) >= 11 is 13.7. The minimum atomic E-state index is -0.0209. The predicted molar refractivity (Wildman–Crippen MR) is 124 cm³/mol. The van der Waals surface area contributed by atoms with Gasteiger partial charge in [0.25, 0.3) is 0 Å². The van der Waals surface area contributed by atoms with E-state index >= 15 is 0 Å². The Hall–Kier alpha value is -2.26. The van der Waals surface area contributed by atoms with Crippen LogP contribution >= 0.6 is 35.0 Å². The van der Waals surface area contributed by atoms with Gasteiger partial charge in [-0.05, 0) is 58.8 Å². The van der Waals surface area contributed by atoms with Crippen LogP contribution in [0.25, 0.3) is 10.8 Å². The van der Waals surface area contributed by atoms with Gasteiger partial charge in [-0.2, -0.15) is 0 Å². The minimum absolute atomic E-state index is 0.0209. The van der Waals surface area contributed by atoms with Crippen LogP contribution in [0.5, 0.6) is 0 Å². The molecule has 0 aliphatic carbocycles. The van der Waals surface area contributed by atoms with Crippen LogP contribution in [0.4, 0.5) is 0 Å². The lowest BCUT2D eigenvalue weighted by Gasteiger charge is -2.17. The Morgan fingerprint density at radius 3 is 2.07 bits per heavy atom. The molecule has 0 aliphatic rings. The molecule has 0 heterocycles. The Kier molecular flexibility index (Phi) is 6.25. The van der Waals surface area contributed by atoms with Gasteiger partial charge in [0.2, 0.25) is 0 Å². The third-order valence-electron chi connectivity index (χ3n) is 4.78. The fraction of sp³-hybridized carbons (Fsp3) is 0.0800. The highest BCUT2D eigenvalue weighted by Gasteiger charge is 2.19. The summed E-state index contributed by atoms with van der Waals surface area (Å²) < 4.78 is 0. The van der Waals surface area contributed by atoms with Gasteiger partial charge in [0.05, 0.1) is 0 Å². The third-order valence-corrected chi connectivity index (χ3v) is 6.55. The van der Waals surface area contributed by atoms with Gasteiger partial charge in [0.1, 0.15) is 0 Å². The van der Waals surface area contributed by atoms with Crippen molar-refractivity contribution in [2.24, 2.45) is 0 Å². The van der Waals surface area contributed by atoms with Gasteiger partial charge in [0, 0.05) is 32.2 Å². The Labute approximate surface area is 184 Å². The summed E-state index contributed by atoms with van der Waals surface area (Å²) in [6.45, 7) is 0. The lowest BCUT2D eigenvalue weighted by atomic mass is 9.99. The number of benzene rings is 4. The van der Waals surface area contributed by atoms with Crippen molar-refractivity contribution >= 4 is 51.5 Å². The number of carbonyl (C=O) groups excluding carboxylic acids is 1. The second-order valence-corrected chi connectivity index (χ2v) is 8.95. The first-order chi connectivity index (χ1) is 14.1. The highest BCUT2D eigenvalue weighted by molar-refractivity contribution is 7.99. The number of ketones is 1. The first kappa shape index (κ1) is 20.0. The molecule has 0 N–H and O–H groups in total. The number of hydrogen-bond donors (Lipinski definition) is 0. The number of thioether (sulfide) groups is 1. The molecule has 0 saturated carbocycles. The van der Waals surface area contributed by atoms with E-state index in [1.807, 2.05) is 84.9 Å². The fourth-order valence-electron chi connectivity index (χ4n) is 3.23. The van der Waals surface area contributed by atoms with Crippen LogP contribution in [-0.4, -0.2) is 5.78 Å². The number of carbonyl (C=O) groups is 1. The van der Waals surface area contributed by atoms with Crippen LogP contribution in [0, 0.1) is 0 Å². The molecular weight excluding hydrogens is 419 g/mol. The number of Topliss-reactive ketones (excluding diaryl/α,β-unsaturated/α-hetero) is 1. The number of rotatable bonds is 6. The van der Waals surface area contributed by atoms with Crippen molar-refractivity contribution in [1.29, 1.82) is 0 Å². The van der Waals surface area contributed by atoms with E-state index in [1.54, 1.807) is 11.8 Å². The van der Waals surface area contributed by atoms with Gasteiger partial charge < -0.3 is 0 Å². The molecule has 0 spiro atoms. The van der Waals surface area contributed by atoms with Crippen molar-refractivity contribution in [3.63, 3.8) is 0 Å². The van der Waals surface area contributed by atoms with Crippen LogP contribution in [-0.2, 0) is 0 Å². The molecule has 144 valence electrons. The van der Waals surface area contributed by atoms with Gasteiger partial charge >= 0.3 is 0 Å². The van der Waals surface area contributed by atoms with E-state index in [9.17, 15) is 4.79 Å². The van der Waals surface area contributed by atoms with Gasteiger partial charge in [0.15, 0.2) is 5.78 Å². The molecule has 0 saturated heterocycles. The second-order valence-electron chi connectivity index (χ2n) is 6.80. The van der Waals surface area contributed by atoms with Crippen LogP contribution in [0.15, 0.2) is 95.9 Å². The first-order valence-electron chi connectivity index (χ1n) is 9.28. The third kappa shape index (κ3) is 5.02. The molecule has 4 heteroatoms. The normalized spacial score (nSPS) is 12.1. The summed E-state index contributed by atoms with van der Waals surface area (Å²) in [6, 6.07) is 29.4. The molecule has 0 amide bonds. The monoisotopic (exact) mass is 436 g/mol. The topological polar surface area (TPSA) is 17.1 Å². The molecule has 1 unspecified atom stereocenters. The molecule has 29 heavy (non-hydrogen) atoms. The van der Waals surface area contributed by atoms with E-state index in [2.05, 4.69) is 6.07 Å². The number of fused-ring (bicyclic) bond motifs is 1. The highest BCUT2D eigenvalue weighted by Crippen LogP contribution is 2.39. The lowest BCUT2D eigenvalue weighted by Crippen LogP contribution is -2.05. The van der Waals surface area contributed by atoms with E-state index in [1.165, 1.54) is 0 Å². The molecule has 4 aromatic rings. The molecule has 1 nitrogen and oxygen atoms in total. The van der Waals surface area contributed by atoms with Crippen molar-refractivity contribution in [3.05, 3.63) is 112 Å². The SMILES string of the molecule is O=C(CC(Sc1ccc(Cl)cc1)c1ccc(Cl)cc1)c1ccc2ccccc2c1. The van der Waals surface area contributed by atoms with Crippen LogP contribution in [0.1, 0.15) is 27.6 Å². The van der Waals surface area contributed by atoms with Crippen molar-refractivity contribution in [3.8, 4) is 0 Å². The highest BCUT2D eigenvalue weighted by atomic mass is 35.5. The second kappa shape index (κ2) is 9.04. The molecule has 0 fully saturated rings. The van der Waals surface area contributed by atoms with Crippen LogP contribution in [0.2, 0.25) is 10.0 Å². The average Bonchev–Trinajstić information content (AvgIpc) is 2.75. The Balaban J connectivity index is 1.61. The van der Waals surface area contributed by atoms with Crippen molar-refractivity contribution in [2.45, 2.75) is 16.6 Å². The predicted octanol–water partition coefficient (Wildman–Crippen LogP) is 8.25. The molecule has 4 rings (SSSR count). The Morgan fingerprint density at radius 1 is 0.759 bits per heavy atom. The smallest absolute Gasteiger partial charge is 0.164 e. The maximum Gasteiger partial charge on any atom is 0.164 e. The maximum atomic E-state index is 13.1. The van der Waals surface area contributed by atoms with Gasteiger partial charge in [-0.15, -0.1) is 11.8 Å². The minimum Gasteiger partial charge on any atom is -0.294 e. The summed E-state index contributed by atoms with van der Waals surface area (Å²) in [7, 11) is 0. The van der Waals surface area contributed by atoms with E-state index in [0.717, 1.165) is 26.8 Å². The quantitative estimate of drug-likeness (QED) is 0.223. The van der Waals surface area contributed by atoms with Crippen LogP contribution < -0.4 is 0 Å². The van der Waals surface area contributed by atoms with Gasteiger partial charge in [-0.3, -0.25) is 4.79 Å². The zero-order valence-electron chi connectivity index (χ0n) is 15.5. The Bertz CT molecular complexity index is 1140. The first-order valence-corrected chi connectivity index (χ1v) is 10.9. The summed E-state index contributed by atoms with van der Waals surface area (Å²) in [4.78, 5) is 14.2. The number of hydrogen-bond acceptors (Lipinski definition) is 2. The van der Waals surface area contributed by atoms with Crippen molar-refractivity contribution < 1.29 is 4.79 Å². The summed E-state index contributed by atoms with van der Waals surface area (Å²) in [5.41, 5.74) is 1.81. The Morgan fingerprint density at radius 2 is 1.38 bits per heavy atom. The van der Waals surface area contributed by atoms with E-state index in [0.29, 0.717) is 16.5 Å². The molecule has 0 bridgehead atoms. The zero-order chi connectivity index (χ0) is 20.2. The molecule has 1 atom stereocenters.